The third-order valence-electron chi connectivity index (χ3n) is 2.41. The molecule has 0 saturated heterocycles. The zero-order valence-electron chi connectivity index (χ0n) is 8.32. The highest BCUT2D eigenvalue weighted by molar-refractivity contribution is 5.68. The third kappa shape index (κ3) is 1.64. The molecular weight excluding hydrogens is 190 g/mol. The largest absolute Gasteiger partial charge is 0.503 e. The quantitative estimate of drug-likeness (QED) is 0.742. The molecule has 2 N–H and O–H groups in total. The van der Waals surface area contributed by atoms with Crippen LogP contribution in [-0.4, -0.2) is 10.1 Å². The molecule has 0 spiro atoms. The van der Waals surface area contributed by atoms with Crippen LogP contribution in [0.5, 0.6) is 5.75 Å². The Morgan fingerprint density at radius 3 is 2.53 bits per heavy atom. The Hall–Kier alpha value is -2.03. The second kappa shape index (κ2) is 3.61. The Balaban J connectivity index is 2.65. The smallest absolute Gasteiger partial charge is 0.290 e. The molecule has 0 unspecified atom stereocenters. The molecule has 0 aliphatic heterocycles. The van der Waals surface area contributed by atoms with E-state index in [9.17, 15) is 9.90 Å². The van der Waals surface area contributed by atoms with Crippen molar-refractivity contribution in [3.8, 4) is 16.9 Å². The van der Waals surface area contributed by atoms with Crippen LogP contribution in [0.3, 0.4) is 0 Å². The number of aromatic nitrogens is 1. The standard InChI is InChI=1S/C12H11NO2/c1-8-10(7-13-12(15)11(8)14)9-5-3-2-4-6-9/h2-7,14H,1H3,(H,13,15). The van der Waals surface area contributed by atoms with Gasteiger partial charge >= 0.3 is 0 Å². The van der Waals surface area contributed by atoms with Crippen molar-refractivity contribution in [3.63, 3.8) is 0 Å². The van der Waals surface area contributed by atoms with Crippen LogP contribution in [0.1, 0.15) is 5.56 Å². The summed E-state index contributed by atoms with van der Waals surface area (Å²) in [4.78, 5) is 13.6. The second-order valence-electron chi connectivity index (χ2n) is 3.37. The van der Waals surface area contributed by atoms with E-state index in [1.54, 1.807) is 13.1 Å². The molecule has 2 rings (SSSR count). The zero-order valence-corrected chi connectivity index (χ0v) is 8.32. The summed E-state index contributed by atoms with van der Waals surface area (Å²) in [5, 5.41) is 9.50. The highest BCUT2D eigenvalue weighted by Gasteiger charge is 2.07. The van der Waals surface area contributed by atoms with Gasteiger partial charge in [-0.2, -0.15) is 0 Å². The van der Waals surface area contributed by atoms with E-state index in [0.29, 0.717) is 5.56 Å². The van der Waals surface area contributed by atoms with Crippen LogP contribution in [0.2, 0.25) is 0 Å². The molecule has 0 atom stereocenters. The minimum Gasteiger partial charge on any atom is -0.503 e. The van der Waals surface area contributed by atoms with Crippen LogP contribution < -0.4 is 5.56 Å². The Morgan fingerprint density at radius 1 is 1.20 bits per heavy atom. The van der Waals surface area contributed by atoms with Crippen LogP contribution in [0.4, 0.5) is 0 Å². The number of pyridine rings is 1. The number of aromatic hydroxyl groups is 1. The first-order valence-corrected chi connectivity index (χ1v) is 4.67. The summed E-state index contributed by atoms with van der Waals surface area (Å²) < 4.78 is 0. The molecule has 76 valence electrons. The molecule has 0 amide bonds. The zero-order chi connectivity index (χ0) is 10.8. The Kier molecular flexibility index (Phi) is 2.29. The van der Waals surface area contributed by atoms with Crippen molar-refractivity contribution in [1.29, 1.82) is 0 Å². The monoisotopic (exact) mass is 201 g/mol. The van der Waals surface area contributed by atoms with Crippen molar-refractivity contribution in [2.24, 2.45) is 0 Å². The summed E-state index contributed by atoms with van der Waals surface area (Å²) >= 11 is 0. The third-order valence-corrected chi connectivity index (χ3v) is 2.41. The van der Waals surface area contributed by atoms with Gasteiger partial charge in [-0.25, -0.2) is 0 Å². The lowest BCUT2D eigenvalue weighted by Gasteiger charge is -2.06. The van der Waals surface area contributed by atoms with Crippen molar-refractivity contribution in [2.45, 2.75) is 6.92 Å². The van der Waals surface area contributed by atoms with Gasteiger partial charge in [0.2, 0.25) is 0 Å². The van der Waals surface area contributed by atoms with Gasteiger partial charge in [-0.1, -0.05) is 30.3 Å². The van der Waals surface area contributed by atoms with Crippen molar-refractivity contribution in [2.75, 3.05) is 0 Å². The van der Waals surface area contributed by atoms with Crippen molar-refractivity contribution >= 4 is 0 Å². The van der Waals surface area contributed by atoms with Crippen molar-refractivity contribution in [1.82, 2.24) is 4.98 Å². The molecule has 2 aromatic rings. The van der Waals surface area contributed by atoms with Gasteiger partial charge in [0.1, 0.15) is 0 Å². The molecule has 3 heteroatoms. The summed E-state index contributed by atoms with van der Waals surface area (Å²) in [5.74, 6) is -0.212. The predicted molar refractivity (Wildman–Crippen MR) is 58.9 cm³/mol. The van der Waals surface area contributed by atoms with Gasteiger partial charge in [0, 0.05) is 17.3 Å². The van der Waals surface area contributed by atoms with Crippen LogP contribution in [0, 0.1) is 6.92 Å². The number of benzene rings is 1. The summed E-state index contributed by atoms with van der Waals surface area (Å²) in [5.41, 5.74) is 1.96. The van der Waals surface area contributed by atoms with Gasteiger partial charge in [-0.15, -0.1) is 0 Å². The second-order valence-corrected chi connectivity index (χ2v) is 3.37. The van der Waals surface area contributed by atoms with Gasteiger partial charge in [-0.3, -0.25) is 4.79 Å². The maximum Gasteiger partial charge on any atom is 0.290 e. The molecule has 0 radical (unpaired) electrons. The molecule has 1 aromatic heterocycles. The van der Waals surface area contributed by atoms with Gasteiger partial charge in [0.25, 0.3) is 5.56 Å². The minimum atomic E-state index is -0.452. The van der Waals surface area contributed by atoms with Gasteiger partial charge in [0.05, 0.1) is 0 Å². The Labute approximate surface area is 87.0 Å². The van der Waals surface area contributed by atoms with Crippen molar-refractivity contribution < 1.29 is 5.11 Å². The molecule has 3 nitrogen and oxygen atoms in total. The minimum absolute atomic E-state index is 0.212. The molecule has 0 aliphatic carbocycles. The summed E-state index contributed by atoms with van der Waals surface area (Å²) in [6, 6.07) is 9.61. The molecule has 0 fully saturated rings. The lowest BCUT2D eigenvalue weighted by atomic mass is 10.0. The van der Waals surface area contributed by atoms with E-state index in [0.717, 1.165) is 11.1 Å². The van der Waals surface area contributed by atoms with Crippen LogP contribution in [0.25, 0.3) is 11.1 Å². The number of hydrogen-bond acceptors (Lipinski definition) is 2. The number of nitrogens with one attached hydrogen (secondary N) is 1. The highest BCUT2D eigenvalue weighted by Crippen LogP contribution is 2.25. The topological polar surface area (TPSA) is 53.1 Å². The van der Waals surface area contributed by atoms with Crippen LogP contribution in [-0.2, 0) is 0 Å². The number of hydrogen-bond donors (Lipinski definition) is 2. The summed E-state index contributed by atoms with van der Waals surface area (Å²) in [7, 11) is 0. The molecule has 0 aliphatic rings. The fourth-order valence-electron chi connectivity index (χ4n) is 1.53. The lowest BCUT2D eigenvalue weighted by Crippen LogP contribution is -2.06. The van der Waals surface area contributed by atoms with E-state index in [2.05, 4.69) is 4.98 Å². The molecular formula is C12H11NO2. The fraction of sp³-hybridized carbons (Fsp3) is 0.0833. The first-order chi connectivity index (χ1) is 7.20. The first kappa shape index (κ1) is 9.52. The van der Waals surface area contributed by atoms with E-state index in [1.807, 2.05) is 30.3 Å². The van der Waals surface area contributed by atoms with Gasteiger partial charge in [0.15, 0.2) is 5.75 Å². The lowest BCUT2D eigenvalue weighted by molar-refractivity contribution is 0.462. The number of aromatic amines is 1. The number of H-pyrrole nitrogens is 1. The van der Waals surface area contributed by atoms with Crippen molar-refractivity contribution in [3.05, 3.63) is 52.4 Å². The highest BCUT2D eigenvalue weighted by atomic mass is 16.3. The predicted octanol–water partition coefficient (Wildman–Crippen LogP) is 2.06. The normalized spacial score (nSPS) is 10.2. The van der Waals surface area contributed by atoms with E-state index in [1.165, 1.54) is 0 Å². The van der Waals surface area contributed by atoms with Gasteiger partial charge < -0.3 is 10.1 Å². The maximum atomic E-state index is 11.1. The van der Waals surface area contributed by atoms with E-state index >= 15 is 0 Å². The maximum absolute atomic E-state index is 11.1. The van der Waals surface area contributed by atoms with Crippen LogP contribution in [0.15, 0.2) is 41.3 Å². The SMILES string of the molecule is Cc1c(-c2ccccc2)c[nH]c(=O)c1O. The average Bonchev–Trinajstić information content (AvgIpc) is 2.27. The summed E-state index contributed by atoms with van der Waals surface area (Å²) in [6.07, 6.45) is 1.62. The fourth-order valence-corrected chi connectivity index (χ4v) is 1.53. The van der Waals surface area contributed by atoms with Crippen LogP contribution >= 0.6 is 0 Å². The first-order valence-electron chi connectivity index (χ1n) is 4.67. The molecule has 15 heavy (non-hydrogen) atoms. The molecule has 1 heterocycles. The van der Waals surface area contributed by atoms with E-state index in [-0.39, 0.29) is 5.75 Å². The van der Waals surface area contributed by atoms with Gasteiger partial charge in [-0.05, 0) is 12.5 Å². The summed E-state index contributed by atoms with van der Waals surface area (Å²) in [6.45, 7) is 1.73. The Morgan fingerprint density at radius 2 is 1.87 bits per heavy atom. The number of rotatable bonds is 1. The molecule has 1 aromatic carbocycles. The van der Waals surface area contributed by atoms with E-state index in [4.69, 9.17) is 0 Å². The van der Waals surface area contributed by atoms with E-state index < -0.39 is 5.56 Å². The average molecular weight is 201 g/mol. The Bertz CT molecular complexity index is 529. The molecule has 0 saturated carbocycles. The molecule has 0 bridgehead atoms.